The molecule has 7 aromatic carbocycles. The van der Waals surface area contributed by atoms with Gasteiger partial charge in [-0.05, 0) is 99.3 Å². The summed E-state index contributed by atoms with van der Waals surface area (Å²) in [7, 11) is 0. The number of pyridine rings is 1. The molecule has 0 bridgehead atoms. The van der Waals surface area contributed by atoms with Gasteiger partial charge in [-0.2, -0.15) is 0 Å². The van der Waals surface area contributed by atoms with E-state index in [2.05, 4.69) is 161 Å². The van der Waals surface area contributed by atoms with E-state index in [1.54, 1.807) is 6.20 Å². The minimum atomic E-state index is -0.673. The zero-order valence-corrected chi connectivity index (χ0v) is 37.8. The van der Waals surface area contributed by atoms with Crippen molar-refractivity contribution in [2.75, 3.05) is 16.5 Å². The van der Waals surface area contributed by atoms with Crippen molar-refractivity contribution >= 4 is 44.6 Å². The van der Waals surface area contributed by atoms with Gasteiger partial charge < -0.3 is 14.5 Å². The number of hydrogen-bond acceptors (Lipinski definition) is 4. The van der Waals surface area contributed by atoms with Gasteiger partial charge in [0.15, 0.2) is 0 Å². The first kappa shape index (κ1) is 35.4. The molecule has 9 aromatic rings. The van der Waals surface area contributed by atoms with Crippen molar-refractivity contribution in [3.05, 3.63) is 204 Å². The van der Waals surface area contributed by atoms with E-state index in [0.29, 0.717) is 29.5 Å². The second-order valence-corrected chi connectivity index (χ2v) is 19.5. The Balaban J connectivity index is 1.05. The van der Waals surface area contributed by atoms with Gasteiger partial charge in [0.1, 0.15) is 24.0 Å². The topological polar surface area (TPSA) is 33.5 Å². The summed E-state index contributed by atoms with van der Waals surface area (Å²) in [4.78, 5) is 9.81. The molecule has 64 heavy (non-hydrogen) atoms. The van der Waals surface area contributed by atoms with Gasteiger partial charge in [0.2, 0.25) is 0 Å². The summed E-state index contributed by atoms with van der Waals surface area (Å²) in [5, 5.41) is 2.06. The average Bonchev–Trinajstić information content (AvgIpc) is 3.89. The highest BCUT2D eigenvalue weighted by Gasteiger charge is 2.31. The highest BCUT2D eigenvalue weighted by atomic mass is 16.5. The minimum Gasteiger partial charge on any atom is -0.457 e. The lowest BCUT2D eigenvalue weighted by molar-refractivity contribution is 0.483. The van der Waals surface area contributed by atoms with Gasteiger partial charge in [-0.15, -0.1) is 0 Å². The zero-order chi connectivity index (χ0) is 48.7. The molecule has 3 heterocycles. The number of para-hydroxylation sites is 3. The first-order valence-electron chi connectivity index (χ1n) is 24.6. The van der Waals surface area contributed by atoms with Crippen LogP contribution in [-0.4, -0.2) is 16.2 Å². The number of aromatic nitrogens is 2. The second kappa shape index (κ2) is 15.6. The standard InChI is InChI=1S/C59H56N4O/c1-57(2,3)42-32-43(58(4,5)6)34-45(33-42)62-39-61(53-28-17-18-29-54(53)62)44-24-19-25-46(35-44)64-47-30-31-49-48-26-15-16-27-52(48)63(55(49)36-47)56-37-51(59(7,8)41-22-13-10-14-23-41)50(38-60-56)40-20-11-9-12-21-40/h9-38H,39H2,1-8H3/i9D,11D,12D,20D,21D. The molecule has 0 fully saturated rings. The van der Waals surface area contributed by atoms with Crippen molar-refractivity contribution in [2.45, 2.75) is 71.6 Å². The number of anilines is 4. The lowest BCUT2D eigenvalue weighted by Gasteiger charge is -2.29. The molecular formula is C59H56N4O. The molecule has 2 aromatic heterocycles. The fraction of sp³-hybridized carbons (Fsp3) is 0.203. The second-order valence-electron chi connectivity index (χ2n) is 19.5. The third kappa shape index (κ3) is 7.39. The predicted molar refractivity (Wildman–Crippen MR) is 269 cm³/mol. The molecule has 0 aliphatic carbocycles. The fourth-order valence-corrected chi connectivity index (χ4v) is 9.08. The van der Waals surface area contributed by atoms with Crippen molar-refractivity contribution in [1.82, 2.24) is 9.55 Å². The molecule has 0 spiro atoms. The normalized spacial score (nSPS) is 14.3. The summed E-state index contributed by atoms with van der Waals surface area (Å²) in [6, 6.07) is 48.6. The molecule has 0 saturated heterocycles. The van der Waals surface area contributed by atoms with E-state index in [9.17, 15) is 0 Å². The van der Waals surface area contributed by atoms with Crippen molar-refractivity contribution in [3.8, 4) is 28.4 Å². The molecule has 0 atom stereocenters. The summed E-state index contributed by atoms with van der Waals surface area (Å²) in [5.41, 5.74) is 10.6. The molecular weight excluding hydrogens is 781 g/mol. The highest BCUT2D eigenvalue weighted by molar-refractivity contribution is 6.09. The molecule has 0 amide bonds. The lowest BCUT2D eigenvalue weighted by atomic mass is 9.75. The lowest BCUT2D eigenvalue weighted by Crippen LogP contribution is -2.25. The van der Waals surface area contributed by atoms with Crippen LogP contribution in [0.1, 0.15) is 84.5 Å². The summed E-state index contributed by atoms with van der Waals surface area (Å²) < 4.78 is 52.2. The molecule has 1 aliphatic heterocycles. The van der Waals surface area contributed by atoms with Gasteiger partial charge in [0.25, 0.3) is 0 Å². The molecule has 318 valence electrons. The smallest absolute Gasteiger partial charge is 0.137 e. The average molecular weight is 842 g/mol. The van der Waals surface area contributed by atoms with Gasteiger partial charge in [-0.25, -0.2) is 4.98 Å². The third-order valence-corrected chi connectivity index (χ3v) is 12.8. The van der Waals surface area contributed by atoms with Gasteiger partial charge in [-0.3, -0.25) is 4.57 Å². The van der Waals surface area contributed by atoms with Gasteiger partial charge in [-0.1, -0.05) is 158 Å². The van der Waals surface area contributed by atoms with E-state index in [0.717, 1.165) is 50.0 Å². The maximum atomic E-state index is 8.97. The summed E-state index contributed by atoms with van der Waals surface area (Å²) in [6.45, 7) is 18.5. The Kier molecular flexibility index (Phi) is 8.62. The van der Waals surface area contributed by atoms with Crippen LogP contribution in [-0.2, 0) is 16.2 Å². The molecule has 1 aliphatic rings. The predicted octanol–water partition coefficient (Wildman–Crippen LogP) is 15.8. The molecule has 0 radical (unpaired) electrons. The first-order valence-corrected chi connectivity index (χ1v) is 22.1. The van der Waals surface area contributed by atoms with E-state index < -0.39 is 11.5 Å². The maximum absolute atomic E-state index is 8.97. The Bertz CT molecular complexity index is 3420. The SMILES string of the molecule is [2H]c1c([2H])c([2H])c(-c2cnc(-n3c4ccccc4c4ccc(Oc5cccc(N6CN(c7cc(C(C)(C)C)cc(C(C)(C)C)c7)c7ccccc76)c5)cc43)cc2C(C)(C)c2ccccc2)c([2H])c1[2H]. The van der Waals surface area contributed by atoms with Crippen molar-refractivity contribution in [3.63, 3.8) is 0 Å². The summed E-state index contributed by atoms with van der Waals surface area (Å²) in [6.07, 6.45) is 1.66. The van der Waals surface area contributed by atoms with E-state index >= 15 is 0 Å². The van der Waals surface area contributed by atoms with Crippen LogP contribution in [0.3, 0.4) is 0 Å². The highest BCUT2D eigenvalue weighted by Crippen LogP contribution is 2.47. The quantitative estimate of drug-likeness (QED) is 0.153. The van der Waals surface area contributed by atoms with Crippen molar-refractivity contribution in [1.29, 1.82) is 0 Å². The third-order valence-electron chi connectivity index (χ3n) is 12.8. The van der Waals surface area contributed by atoms with Crippen LogP contribution in [0.15, 0.2) is 182 Å². The number of ether oxygens (including phenoxy) is 1. The van der Waals surface area contributed by atoms with Gasteiger partial charge in [0, 0.05) is 51.5 Å². The van der Waals surface area contributed by atoms with Crippen LogP contribution >= 0.6 is 0 Å². The monoisotopic (exact) mass is 841 g/mol. The number of fused-ring (bicyclic) bond motifs is 4. The zero-order valence-electron chi connectivity index (χ0n) is 42.8. The molecule has 0 saturated carbocycles. The van der Waals surface area contributed by atoms with Crippen molar-refractivity contribution in [2.24, 2.45) is 0 Å². The Labute approximate surface area is 385 Å². The Hall–Kier alpha value is -7.11. The largest absolute Gasteiger partial charge is 0.457 e. The number of benzene rings is 7. The van der Waals surface area contributed by atoms with Crippen LogP contribution < -0.4 is 14.5 Å². The Morgan fingerprint density at radius 2 is 1.16 bits per heavy atom. The summed E-state index contributed by atoms with van der Waals surface area (Å²) in [5.74, 6) is 1.97. The maximum Gasteiger partial charge on any atom is 0.137 e. The number of rotatable bonds is 8. The van der Waals surface area contributed by atoms with Crippen LogP contribution in [0.5, 0.6) is 11.5 Å². The van der Waals surface area contributed by atoms with Gasteiger partial charge in [0.05, 0.1) is 29.3 Å². The Morgan fingerprint density at radius 3 is 1.86 bits per heavy atom. The molecule has 10 rings (SSSR count). The number of hydrogen-bond donors (Lipinski definition) is 0. The van der Waals surface area contributed by atoms with E-state index in [4.69, 9.17) is 16.6 Å². The van der Waals surface area contributed by atoms with E-state index in [1.165, 1.54) is 16.8 Å². The van der Waals surface area contributed by atoms with Crippen LogP contribution in [0, 0.1) is 0 Å². The first-order chi connectivity index (χ1) is 32.8. The van der Waals surface area contributed by atoms with E-state index in [-0.39, 0.29) is 40.6 Å². The van der Waals surface area contributed by atoms with Gasteiger partial charge >= 0.3 is 0 Å². The minimum absolute atomic E-state index is 0.0151. The van der Waals surface area contributed by atoms with E-state index in [1.807, 2.05) is 54.6 Å². The Morgan fingerprint density at radius 1 is 0.531 bits per heavy atom. The summed E-state index contributed by atoms with van der Waals surface area (Å²) >= 11 is 0. The van der Waals surface area contributed by atoms with Crippen LogP contribution in [0.2, 0.25) is 0 Å². The van der Waals surface area contributed by atoms with Crippen LogP contribution in [0.4, 0.5) is 22.7 Å². The van der Waals surface area contributed by atoms with Crippen molar-refractivity contribution < 1.29 is 11.6 Å². The molecule has 5 nitrogen and oxygen atoms in total. The molecule has 0 unspecified atom stereocenters. The number of nitrogens with zero attached hydrogens (tertiary/aromatic N) is 4. The molecule has 0 N–H and O–H groups in total. The fourth-order valence-electron chi connectivity index (χ4n) is 9.08. The molecule has 5 heteroatoms. The van der Waals surface area contributed by atoms with Crippen LogP contribution in [0.25, 0.3) is 38.8 Å².